The number of ether oxygens (including phenoxy) is 1. The quantitative estimate of drug-likeness (QED) is 0.0691. The number of benzene rings is 2. The fraction of sp³-hybridized carbons (Fsp3) is 0.577. The van der Waals surface area contributed by atoms with Gasteiger partial charge in [0.15, 0.2) is 0 Å². The summed E-state index contributed by atoms with van der Waals surface area (Å²) in [5.41, 5.74) is 8.91. The van der Waals surface area contributed by atoms with E-state index in [0.717, 1.165) is 100 Å². The van der Waals surface area contributed by atoms with Gasteiger partial charge in [0.05, 0.1) is 29.3 Å². The Balaban J connectivity index is 0.000000298. The summed E-state index contributed by atoms with van der Waals surface area (Å²) in [5, 5.41) is 11.9. The highest BCUT2D eigenvalue weighted by atomic mass is 16.5. The summed E-state index contributed by atoms with van der Waals surface area (Å²) in [4.78, 5) is 89.7. The van der Waals surface area contributed by atoms with E-state index in [2.05, 4.69) is 97.9 Å². The van der Waals surface area contributed by atoms with Gasteiger partial charge in [-0.05, 0) is 113 Å². The molecule has 6 amide bonds. The fourth-order valence-corrected chi connectivity index (χ4v) is 9.69. The highest BCUT2D eigenvalue weighted by Crippen LogP contribution is 2.34. The van der Waals surface area contributed by atoms with Crippen molar-refractivity contribution in [2.75, 3.05) is 79.8 Å². The Morgan fingerprint density at radius 1 is 0.886 bits per heavy atom. The van der Waals surface area contributed by atoms with Gasteiger partial charge in [-0.3, -0.25) is 43.9 Å². The maximum absolute atomic E-state index is 13.0. The molecule has 0 aliphatic carbocycles. The average molecular weight is 964 g/mol. The van der Waals surface area contributed by atoms with Crippen LogP contribution in [0.2, 0.25) is 0 Å². The van der Waals surface area contributed by atoms with E-state index >= 15 is 0 Å². The number of imide groups is 2. The van der Waals surface area contributed by atoms with E-state index in [0.29, 0.717) is 37.4 Å². The van der Waals surface area contributed by atoms with Gasteiger partial charge in [0, 0.05) is 76.2 Å². The second-order valence-electron chi connectivity index (χ2n) is 20.8. The lowest BCUT2D eigenvalue weighted by Crippen LogP contribution is -2.66. The number of anilines is 4. The van der Waals surface area contributed by atoms with E-state index in [1.165, 1.54) is 30.5 Å². The first kappa shape index (κ1) is 51.7. The molecule has 70 heavy (non-hydrogen) atoms. The summed E-state index contributed by atoms with van der Waals surface area (Å²) in [5.74, 6) is 0.290. The number of nitrogens with two attached hydrogens (primary N) is 1. The summed E-state index contributed by atoms with van der Waals surface area (Å²) in [6.45, 7) is 19.3. The molecule has 18 nitrogen and oxygen atoms in total. The minimum Gasteiger partial charge on any atom is -0.398 e. The Kier molecular flexibility index (Phi) is 17.1. The maximum atomic E-state index is 13.0. The number of nitrogens with one attached hydrogen (secondary N) is 4. The molecule has 4 saturated heterocycles. The zero-order valence-corrected chi connectivity index (χ0v) is 41.7. The first-order valence-electron chi connectivity index (χ1n) is 25.1. The summed E-state index contributed by atoms with van der Waals surface area (Å²) < 4.78 is 5.80. The molecular weight excluding hydrogens is 891 g/mol. The number of amides is 6. The number of carbonyl (C=O) groups excluding carboxylic acids is 6. The zero-order chi connectivity index (χ0) is 50.0. The predicted octanol–water partition coefficient (Wildman–Crippen LogP) is 4.89. The van der Waals surface area contributed by atoms with Gasteiger partial charge in [0.2, 0.25) is 23.6 Å². The van der Waals surface area contributed by atoms with E-state index in [9.17, 15) is 28.8 Å². The van der Waals surface area contributed by atoms with Crippen LogP contribution in [0.3, 0.4) is 0 Å². The van der Waals surface area contributed by atoms with E-state index in [1.807, 2.05) is 13.0 Å². The van der Waals surface area contributed by atoms with Crippen LogP contribution in [0.5, 0.6) is 0 Å². The zero-order valence-electron chi connectivity index (χ0n) is 41.7. The van der Waals surface area contributed by atoms with Crippen molar-refractivity contribution in [3.8, 4) is 0 Å². The molecule has 378 valence electrons. The molecule has 2 aromatic carbocycles. The number of hydrogen-bond donors (Lipinski definition) is 5. The first-order valence-corrected chi connectivity index (χ1v) is 25.1. The molecule has 2 unspecified atom stereocenters. The summed E-state index contributed by atoms with van der Waals surface area (Å²) >= 11 is 0. The van der Waals surface area contributed by atoms with Crippen molar-refractivity contribution in [1.29, 1.82) is 0 Å². The van der Waals surface area contributed by atoms with Gasteiger partial charge in [-0.15, -0.1) is 0 Å². The van der Waals surface area contributed by atoms with Gasteiger partial charge in [-0.1, -0.05) is 45.9 Å². The molecule has 2 atom stereocenters. The topological polar surface area (TPSA) is 225 Å². The van der Waals surface area contributed by atoms with Crippen LogP contribution < -0.4 is 36.8 Å². The largest absolute Gasteiger partial charge is 0.398 e. The van der Waals surface area contributed by atoms with Gasteiger partial charge in [0.25, 0.3) is 11.8 Å². The third-order valence-corrected chi connectivity index (χ3v) is 14.2. The fourth-order valence-electron chi connectivity index (χ4n) is 9.69. The van der Waals surface area contributed by atoms with Crippen LogP contribution in [0.4, 0.5) is 23.0 Å². The van der Waals surface area contributed by atoms with Crippen molar-refractivity contribution in [3.05, 3.63) is 71.5 Å². The third kappa shape index (κ3) is 13.6. The molecule has 6 N–H and O–H groups in total. The first-order chi connectivity index (χ1) is 33.5. The third-order valence-electron chi connectivity index (χ3n) is 14.2. The molecule has 5 aliphatic heterocycles. The molecule has 3 aromatic rings. The normalized spacial score (nSPS) is 20.4. The summed E-state index contributed by atoms with van der Waals surface area (Å²) in [6, 6.07) is 14.5. The number of piperidine rings is 3. The monoisotopic (exact) mass is 964 g/mol. The molecule has 1 aromatic heterocycles. The number of fused-ring (bicyclic) bond motifs is 1. The number of nitrogen functional groups attached to an aromatic ring is 1. The van der Waals surface area contributed by atoms with Gasteiger partial charge < -0.3 is 36.2 Å². The lowest BCUT2D eigenvalue weighted by Gasteiger charge is -2.48. The second-order valence-corrected chi connectivity index (χ2v) is 20.8. The number of carbonyl (C=O) groups is 6. The van der Waals surface area contributed by atoms with Crippen molar-refractivity contribution < 1.29 is 33.5 Å². The van der Waals surface area contributed by atoms with Gasteiger partial charge in [0.1, 0.15) is 24.0 Å². The molecule has 4 fully saturated rings. The van der Waals surface area contributed by atoms with Crippen molar-refractivity contribution in [3.63, 3.8) is 0 Å². The average Bonchev–Trinajstić information content (AvgIpc) is 3.58. The Hall–Kier alpha value is -6.14. The maximum Gasteiger partial charge on any atom is 0.264 e. The van der Waals surface area contributed by atoms with E-state index in [1.54, 1.807) is 12.4 Å². The minimum atomic E-state index is -0.959. The summed E-state index contributed by atoms with van der Waals surface area (Å²) in [7, 11) is 0. The standard InChI is InChI=1S/C39H62N8O3.C13H11N3O4/c1-30(2)13-24-50-31(3)7-12-36(48)41-19-6-18-40-34-25-35(43-29-42-34)46-22-16-39(17-23-46)28-47(27-37(49)44-39)33-10-8-32(9-11-33)26-45-20-14-38(4,5)15-21-45;14-7-3-1-2-6-10(7)13(20)16(12(6)19)8-4-5-9(17)15-11(8)18/h8-11,25,29-31H,6-7,12-24,26-28H2,1-5H3,(H,41,48)(H,44,49)(H,40,42,43);1-3,8H,4-5,14H2,(H,15,17,18). The lowest BCUT2D eigenvalue weighted by atomic mass is 9.82. The van der Waals surface area contributed by atoms with Crippen LogP contribution in [0.15, 0.2) is 54.9 Å². The van der Waals surface area contributed by atoms with Gasteiger partial charge >= 0.3 is 0 Å². The van der Waals surface area contributed by atoms with Crippen molar-refractivity contribution in [1.82, 2.24) is 35.7 Å². The molecule has 1 spiro atoms. The number of likely N-dealkylation sites (tertiary alicyclic amines) is 1. The Morgan fingerprint density at radius 2 is 1.63 bits per heavy atom. The number of nitrogens with zero attached hydrogens (tertiary/aromatic N) is 6. The van der Waals surface area contributed by atoms with Crippen molar-refractivity contribution in [2.24, 2.45) is 11.3 Å². The van der Waals surface area contributed by atoms with E-state index in [-0.39, 0.29) is 53.1 Å². The Bertz CT molecular complexity index is 2340. The number of rotatable bonds is 17. The van der Waals surface area contributed by atoms with Crippen LogP contribution in [0.25, 0.3) is 0 Å². The highest BCUT2D eigenvalue weighted by Gasteiger charge is 2.45. The van der Waals surface area contributed by atoms with Crippen LogP contribution in [-0.4, -0.2) is 132 Å². The highest BCUT2D eigenvalue weighted by molar-refractivity contribution is 6.25. The van der Waals surface area contributed by atoms with Crippen LogP contribution in [0.1, 0.15) is 125 Å². The Morgan fingerprint density at radius 3 is 2.33 bits per heavy atom. The number of hydrogen-bond acceptors (Lipinski definition) is 14. The SMILES string of the molecule is CC(C)CCOC(C)CCC(=O)NCCCNc1cc(N2CCC3(CC2)CN(c2ccc(CN4CCC(C)(C)CC4)cc2)CC(=O)N3)ncn1.Nc1cccc2c1C(=O)N(C1CCC(=O)NC1=O)C2=O. The molecule has 8 rings (SSSR count). The predicted molar refractivity (Wildman–Crippen MR) is 269 cm³/mol. The van der Waals surface area contributed by atoms with Crippen LogP contribution in [0, 0.1) is 11.3 Å². The molecule has 0 saturated carbocycles. The smallest absolute Gasteiger partial charge is 0.264 e. The van der Waals surface area contributed by atoms with Crippen LogP contribution >= 0.6 is 0 Å². The lowest BCUT2D eigenvalue weighted by molar-refractivity contribution is -0.136. The summed E-state index contributed by atoms with van der Waals surface area (Å²) in [6.07, 6.45) is 9.21. The molecule has 5 aliphatic rings. The van der Waals surface area contributed by atoms with Gasteiger partial charge in [-0.2, -0.15) is 0 Å². The van der Waals surface area contributed by atoms with E-state index < -0.39 is 29.7 Å². The number of piperazine rings is 1. The molecule has 0 bridgehead atoms. The molecule has 18 heteroatoms. The van der Waals surface area contributed by atoms with Crippen molar-refractivity contribution in [2.45, 2.75) is 123 Å². The second kappa shape index (κ2) is 23.2. The Labute approximate surface area is 412 Å². The van der Waals surface area contributed by atoms with Gasteiger partial charge in [-0.25, -0.2) is 9.97 Å². The minimum absolute atomic E-state index is 0.0687. The van der Waals surface area contributed by atoms with E-state index in [4.69, 9.17) is 10.5 Å². The van der Waals surface area contributed by atoms with Crippen molar-refractivity contribution >= 4 is 58.5 Å². The molecule has 6 heterocycles. The van der Waals surface area contributed by atoms with Crippen LogP contribution in [-0.2, 0) is 30.5 Å². The molecule has 0 radical (unpaired) electrons. The number of aromatic nitrogens is 2. The molecular formula is C52H73N11O7.